The Bertz CT molecular complexity index is 174. The molecule has 13 heavy (non-hydrogen) atoms. The number of piperidine rings is 1. The normalized spacial score (nSPS) is 42.5. The Labute approximate surface area is 79.9 Å². The van der Waals surface area contributed by atoms with Crippen molar-refractivity contribution >= 4 is 0 Å². The summed E-state index contributed by atoms with van der Waals surface area (Å²) in [5.41, 5.74) is 5.91. The molecule has 2 aliphatic rings. The lowest BCUT2D eigenvalue weighted by Crippen LogP contribution is -2.50. The Hall–Kier alpha value is -0.120. The van der Waals surface area contributed by atoms with E-state index in [0.29, 0.717) is 12.1 Å². The molecule has 1 heterocycles. The molecule has 3 atom stereocenters. The van der Waals surface area contributed by atoms with Gasteiger partial charge in [0.15, 0.2) is 0 Å². The molecule has 2 rings (SSSR count). The number of hydrogen-bond donors (Lipinski definition) is 2. The molecule has 0 aromatic rings. The third-order valence-electron chi connectivity index (χ3n) is 3.40. The van der Waals surface area contributed by atoms with Gasteiger partial charge in [0, 0.05) is 18.6 Å². The first-order valence-electron chi connectivity index (χ1n) is 5.45. The molecule has 3 heteroatoms. The summed E-state index contributed by atoms with van der Waals surface area (Å²) in [6, 6.07) is 0.743. The van der Waals surface area contributed by atoms with E-state index in [-0.39, 0.29) is 6.10 Å². The Balaban J connectivity index is 1.91. The monoisotopic (exact) mass is 184 g/mol. The predicted octanol–water partition coefficient (Wildman–Crippen LogP) is 0.323. The van der Waals surface area contributed by atoms with E-state index in [1.165, 1.54) is 12.8 Å². The van der Waals surface area contributed by atoms with Crippen molar-refractivity contribution < 1.29 is 5.11 Å². The first-order chi connectivity index (χ1) is 6.27. The van der Waals surface area contributed by atoms with E-state index < -0.39 is 0 Å². The first-order valence-corrected chi connectivity index (χ1v) is 5.45. The SMILES string of the molecule is N[C@@H]1CCCN(C2CCCC2O)C1. The van der Waals surface area contributed by atoms with Crippen molar-refractivity contribution in [3.63, 3.8) is 0 Å². The lowest BCUT2D eigenvalue weighted by atomic mass is 10.0. The third kappa shape index (κ3) is 2.03. The summed E-state index contributed by atoms with van der Waals surface area (Å²) < 4.78 is 0. The zero-order valence-electron chi connectivity index (χ0n) is 8.15. The predicted molar refractivity (Wildman–Crippen MR) is 52.4 cm³/mol. The molecule has 1 saturated carbocycles. The summed E-state index contributed by atoms with van der Waals surface area (Å²) in [6.45, 7) is 2.12. The molecule has 76 valence electrons. The molecule has 1 aliphatic heterocycles. The van der Waals surface area contributed by atoms with E-state index in [0.717, 1.165) is 32.4 Å². The molecular weight excluding hydrogens is 164 g/mol. The summed E-state index contributed by atoms with van der Waals surface area (Å²) in [7, 11) is 0. The summed E-state index contributed by atoms with van der Waals surface area (Å²) in [5, 5.41) is 9.74. The van der Waals surface area contributed by atoms with Crippen LogP contribution in [0.5, 0.6) is 0 Å². The van der Waals surface area contributed by atoms with Crippen LogP contribution in [0.3, 0.4) is 0 Å². The van der Waals surface area contributed by atoms with Crippen LogP contribution >= 0.6 is 0 Å². The van der Waals surface area contributed by atoms with Gasteiger partial charge in [-0.15, -0.1) is 0 Å². The van der Waals surface area contributed by atoms with Gasteiger partial charge in [-0.3, -0.25) is 4.90 Å². The van der Waals surface area contributed by atoms with E-state index >= 15 is 0 Å². The average Bonchev–Trinajstić information content (AvgIpc) is 2.51. The van der Waals surface area contributed by atoms with Gasteiger partial charge in [0.1, 0.15) is 0 Å². The van der Waals surface area contributed by atoms with Gasteiger partial charge in [-0.05, 0) is 38.6 Å². The maximum Gasteiger partial charge on any atom is 0.0695 e. The van der Waals surface area contributed by atoms with Crippen LogP contribution in [0, 0.1) is 0 Å². The number of nitrogens with zero attached hydrogens (tertiary/aromatic N) is 1. The fraction of sp³-hybridized carbons (Fsp3) is 1.00. The lowest BCUT2D eigenvalue weighted by molar-refractivity contribution is 0.0541. The van der Waals surface area contributed by atoms with Crippen LogP contribution in [0.15, 0.2) is 0 Å². The van der Waals surface area contributed by atoms with Gasteiger partial charge in [0.05, 0.1) is 6.10 Å². The molecular formula is C10H20N2O. The second-order valence-electron chi connectivity index (χ2n) is 4.46. The highest BCUT2D eigenvalue weighted by Crippen LogP contribution is 2.26. The van der Waals surface area contributed by atoms with Crippen LogP contribution in [0.1, 0.15) is 32.1 Å². The minimum atomic E-state index is -0.0923. The van der Waals surface area contributed by atoms with E-state index in [1.54, 1.807) is 0 Å². The molecule has 3 N–H and O–H groups in total. The smallest absolute Gasteiger partial charge is 0.0695 e. The summed E-state index contributed by atoms with van der Waals surface area (Å²) >= 11 is 0. The summed E-state index contributed by atoms with van der Waals surface area (Å²) in [5.74, 6) is 0. The molecule has 0 radical (unpaired) electrons. The van der Waals surface area contributed by atoms with E-state index in [4.69, 9.17) is 5.73 Å². The van der Waals surface area contributed by atoms with Crippen molar-refractivity contribution in [3.8, 4) is 0 Å². The molecule has 0 aromatic carbocycles. The Morgan fingerprint density at radius 1 is 1.15 bits per heavy atom. The molecule has 2 unspecified atom stereocenters. The number of nitrogens with two attached hydrogens (primary N) is 1. The van der Waals surface area contributed by atoms with Crippen LogP contribution < -0.4 is 5.73 Å². The zero-order chi connectivity index (χ0) is 9.26. The van der Waals surface area contributed by atoms with E-state index in [2.05, 4.69) is 4.90 Å². The minimum Gasteiger partial charge on any atom is -0.391 e. The quantitative estimate of drug-likeness (QED) is 0.617. The average molecular weight is 184 g/mol. The number of rotatable bonds is 1. The van der Waals surface area contributed by atoms with Crippen molar-refractivity contribution in [3.05, 3.63) is 0 Å². The van der Waals surface area contributed by atoms with Gasteiger partial charge in [0.2, 0.25) is 0 Å². The van der Waals surface area contributed by atoms with Gasteiger partial charge in [-0.25, -0.2) is 0 Å². The van der Waals surface area contributed by atoms with Crippen LogP contribution in [-0.4, -0.2) is 41.3 Å². The van der Waals surface area contributed by atoms with Gasteiger partial charge >= 0.3 is 0 Å². The lowest BCUT2D eigenvalue weighted by Gasteiger charge is -2.36. The Morgan fingerprint density at radius 2 is 2.00 bits per heavy atom. The van der Waals surface area contributed by atoms with Crippen LogP contribution in [0.2, 0.25) is 0 Å². The Morgan fingerprint density at radius 3 is 2.62 bits per heavy atom. The second-order valence-corrected chi connectivity index (χ2v) is 4.46. The van der Waals surface area contributed by atoms with E-state index in [9.17, 15) is 5.11 Å². The third-order valence-corrected chi connectivity index (χ3v) is 3.40. The first kappa shape index (κ1) is 9.44. The Kier molecular flexibility index (Phi) is 2.86. The second kappa shape index (κ2) is 3.95. The molecule has 2 fully saturated rings. The number of hydrogen-bond acceptors (Lipinski definition) is 3. The van der Waals surface area contributed by atoms with E-state index in [1.807, 2.05) is 0 Å². The molecule has 0 aromatic heterocycles. The van der Waals surface area contributed by atoms with Crippen LogP contribution in [-0.2, 0) is 0 Å². The highest BCUT2D eigenvalue weighted by Gasteiger charge is 2.32. The molecule has 0 bridgehead atoms. The molecule has 1 saturated heterocycles. The minimum absolute atomic E-state index is 0.0923. The summed E-state index contributed by atoms with van der Waals surface area (Å²) in [4.78, 5) is 2.39. The van der Waals surface area contributed by atoms with Crippen molar-refractivity contribution in [2.45, 2.75) is 50.3 Å². The molecule has 0 spiro atoms. The van der Waals surface area contributed by atoms with Gasteiger partial charge in [-0.2, -0.15) is 0 Å². The topological polar surface area (TPSA) is 49.5 Å². The van der Waals surface area contributed by atoms with Crippen LogP contribution in [0.25, 0.3) is 0 Å². The fourth-order valence-electron chi connectivity index (χ4n) is 2.69. The maximum atomic E-state index is 9.74. The van der Waals surface area contributed by atoms with Crippen molar-refractivity contribution in [2.24, 2.45) is 5.73 Å². The number of aliphatic hydroxyl groups is 1. The van der Waals surface area contributed by atoms with Gasteiger partial charge < -0.3 is 10.8 Å². The van der Waals surface area contributed by atoms with Crippen molar-refractivity contribution in [1.29, 1.82) is 0 Å². The summed E-state index contributed by atoms with van der Waals surface area (Å²) in [6.07, 6.45) is 5.58. The molecule has 1 aliphatic carbocycles. The fourth-order valence-corrected chi connectivity index (χ4v) is 2.69. The number of likely N-dealkylation sites (tertiary alicyclic amines) is 1. The maximum absolute atomic E-state index is 9.74. The van der Waals surface area contributed by atoms with Crippen LogP contribution in [0.4, 0.5) is 0 Å². The van der Waals surface area contributed by atoms with Crippen molar-refractivity contribution in [1.82, 2.24) is 4.90 Å². The largest absolute Gasteiger partial charge is 0.391 e. The highest BCUT2D eigenvalue weighted by molar-refractivity contribution is 4.88. The highest BCUT2D eigenvalue weighted by atomic mass is 16.3. The molecule has 0 amide bonds. The van der Waals surface area contributed by atoms with Crippen molar-refractivity contribution in [2.75, 3.05) is 13.1 Å². The zero-order valence-corrected chi connectivity index (χ0v) is 8.15. The number of aliphatic hydroxyl groups excluding tert-OH is 1. The standard InChI is InChI=1S/C10H20N2O/c11-8-3-2-6-12(7-8)9-4-1-5-10(9)13/h8-10,13H,1-7,11H2/t8-,9?,10?/m1/s1. The van der Waals surface area contributed by atoms with Gasteiger partial charge in [-0.1, -0.05) is 0 Å². The van der Waals surface area contributed by atoms with Gasteiger partial charge in [0.25, 0.3) is 0 Å². The molecule has 3 nitrogen and oxygen atoms in total.